The molecule has 0 unspecified atom stereocenters. The highest BCUT2D eigenvalue weighted by molar-refractivity contribution is 7.98. The normalized spacial score (nSPS) is 14.2. The lowest BCUT2D eigenvalue weighted by atomic mass is 10.1. The topological polar surface area (TPSA) is 66.9 Å². The fourth-order valence-electron chi connectivity index (χ4n) is 2.66. The smallest absolute Gasteiger partial charge is 0.187 e. The summed E-state index contributed by atoms with van der Waals surface area (Å²) in [7, 11) is 0. The van der Waals surface area contributed by atoms with E-state index in [4.69, 9.17) is 0 Å². The molecule has 0 aromatic carbocycles. The van der Waals surface area contributed by atoms with E-state index in [9.17, 15) is 5.26 Å². The van der Waals surface area contributed by atoms with Gasteiger partial charge in [-0.3, -0.25) is 4.40 Å². The Labute approximate surface area is 132 Å². The molecule has 0 radical (unpaired) electrons. The van der Waals surface area contributed by atoms with Crippen molar-refractivity contribution in [1.29, 1.82) is 5.26 Å². The van der Waals surface area contributed by atoms with Crippen molar-refractivity contribution in [2.75, 3.05) is 6.26 Å². The highest BCUT2D eigenvalue weighted by Gasteiger charge is 2.27. The van der Waals surface area contributed by atoms with E-state index in [1.165, 1.54) is 30.2 Å². The molecule has 0 spiro atoms. The first-order chi connectivity index (χ1) is 10.8. The number of thioether (sulfide) groups is 1. The summed E-state index contributed by atoms with van der Waals surface area (Å²) in [5.41, 5.74) is 4.20. The Morgan fingerprint density at radius 1 is 1.32 bits per heavy atom. The van der Waals surface area contributed by atoms with E-state index >= 15 is 0 Å². The number of aromatic nitrogens is 4. The van der Waals surface area contributed by atoms with Crippen LogP contribution in [0.1, 0.15) is 29.9 Å². The minimum Gasteiger partial charge on any atom is -0.298 e. The van der Waals surface area contributed by atoms with E-state index in [2.05, 4.69) is 27.1 Å². The van der Waals surface area contributed by atoms with Gasteiger partial charge in [0.2, 0.25) is 0 Å². The number of imidazole rings is 1. The van der Waals surface area contributed by atoms with Crippen molar-refractivity contribution in [2.45, 2.75) is 23.9 Å². The maximum atomic E-state index is 9.34. The van der Waals surface area contributed by atoms with Gasteiger partial charge in [0.05, 0.1) is 17.5 Å². The fourth-order valence-corrected chi connectivity index (χ4v) is 3.00. The van der Waals surface area contributed by atoms with Crippen LogP contribution in [0.4, 0.5) is 0 Å². The molecule has 0 aliphatic heterocycles. The third kappa shape index (κ3) is 2.06. The van der Waals surface area contributed by atoms with Gasteiger partial charge in [-0.05, 0) is 36.6 Å². The average molecular weight is 307 g/mol. The highest BCUT2D eigenvalue weighted by atomic mass is 32.2. The van der Waals surface area contributed by atoms with Crippen LogP contribution in [0, 0.1) is 11.3 Å². The van der Waals surface area contributed by atoms with Gasteiger partial charge in [-0.25, -0.2) is 15.0 Å². The predicted molar refractivity (Wildman–Crippen MR) is 84.7 cm³/mol. The molecule has 0 N–H and O–H groups in total. The summed E-state index contributed by atoms with van der Waals surface area (Å²) in [5, 5.41) is 9.99. The lowest BCUT2D eigenvalue weighted by molar-refractivity contribution is 0.960. The molecule has 4 rings (SSSR count). The Kier molecular flexibility index (Phi) is 3.09. The Morgan fingerprint density at radius 3 is 2.91 bits per heavy atom. The molecule has 0 atom stereocenters. The minimum absolute atomic E-state index is 0.469. The lowest BCUT2D eigenvalue weighted by Crippen LogP contribution is -1.98. The quantitative estimate of drug-likeness (QED) is 0.549. The molecular formula is C16H13N5S. The average Bonchev–Trinajstić information content (AvgIpc) is 3.32. The molecule has 1 aliphatic carbocycles. The van der Waals surface area contributed by atoms with E-state index in [0.717, 1.165) is 11.3 Å². The van der Waals surface area contributed by atoms with Gasteiger partial charge >= 0.3 is 0 Å². The van der Waals surface area contributed by atoms with Gasteiger partial charge in [0, 0.05) is 12.4 Å². The van der Waals surface area contributed by atoms with Gasteiger partial charge in [0.25, 0.3) is 0 Å². The molecule has 108 valence electrons. The summed E-state index contributed by atoms with van der Waals surface area (Å²) in [6, 6.07) is 6.35. The molecular weight excluding hydrogens is 294 g/mol. The predicted octanol–water partition coefficient (Wildman–Crippen LogP) is 3.26. The van der Waals surface area contributed by atoms with Crippen LogP contribution in [0.15, 0.2) is 35.9 Å². The number of pyridine rings is 1. The molecule has 22 heavy (non-hydrogen) atoms. The second-order valence-electron chi connectivity index (χ2n) is 5.31. The van der Waals surface area contributed by atoms with Crippen LogP contribution >= 0.6 is 11.8 Å². The molecule has 0 amide bonds. The van der Waals surface area contributed by atoms with Gasteiger partial charge in [-0.1, -0.05) is 17.8 Å². The first-order valence-corrected chi connectivity index (χ1v) is 8.31. The standard InChI is InChI=1S/C16H13N5S/c1-22-16-19-8-11(7-17)14(20-16)13-9-18-15-12(10-4-5-10)3-2-6-21(13)15/h2-3,6,8-10H,4-5H2,1H3. The van der Waals surface area contributed by atoms with E-state index < -0.39 is 0 Å². The molecule has 3 aromatic heterocycles. The van der Waals surface area contributed by atoms with E-state index in [1.54, 1.807) is 12.4 Å². The Balaban J connectivity index is 1.95. The van der Waals surface area contributed by atoms with E-state index in [-0.39, 0.29) is 0 Å². The molecule has 6 heteroatoms. The molecule has 0 bridgehead atoms. The number of hydrogen-bond donors (Lipinski definition) is 0. The number of rotatable bonds is 3. The third-order valence-corrected chi connectivity index (χ3v) is 4.46. The van der Waals surface area contributed by atoms with Gasteiger partial charge in [-0.15, -0.1) is 0 Å². The SMILES string of the molecule is CSc1ncc(C#N)c(-c2cnc3c(C4CC4)cccn23)n1. The fraction of sp³-hybridized carbons (Fsp3) is 0.250. The molecule has 1 aliphatic rings. The highest BCUT2D eigenvalue weighted by Crippen LogP contribution is 2.42. The summed E-state index contributed by atoms with van der Waals surface area (Å²) in [6.45, 7) is 0. The summed E-state index contributed by atoms with van der Waals surface area (Å²) in [6.07, 6.45) is 9.74. The minimum atomic E-state index is 0.469. The zero-order valence-electron chi connectivity index (χ0n) is 12.0. The summed E-state index contributed by atoms with van der Waals surface area (Å²) < 4.78 is 2.03. The number of nitriles is 1. The molecule has 0 saturated heterocycles. The summed E-state index contributed by atoms with van der Waals surface area (Å²) >= 11 is 1.46. The summed E-state index contributed by atoms with van der Waals surface area (Å²) in [5.74, 6) is 0.626. The molecule has 1 fully saturated rings. The van der Waals surface area contributed by atoms with E-state index in [1.807, 2.05) is 22.9 Å². The molecule has 5 nitrogen and oxygen atoms in total. The number of hydrogen-bond acceptors (Lipinski definition) is 5. The monoisotopic (exact) mass is 307 g/mol. The summed E-state index contributed by atoms with van der Waals surface area (Å²) in [4.78, 5) is 13.3. The number of nitrogens with zero attached hydrogens (tertiary/aromatic N) is 5. The van der Waals surface area contributed by atoms with Crippen molar-refractivity contribution in [1.82, 2.24) is 19.4 Å². The Hall–Kier alpha value is -2.39. The van der Waals surface area contributed by atoms with Crippen LogP contribution < -0.4 is 0 Å². The van der Waals surface area contributed by atoms with Crippen LogP contribution in [0.2, 0.25) is 0 Å². The van der Waals surface area contributed by atoms with Crippen molar-refractivity contribution in [3.8, 4) is 17.5 Å². The molecule has 3 aromatic rings. The van der Waals surface area contributed by atoms with Crippen LogP contribution in [-0.2, 0) is 0 Å². The lowest BCUT2D eigenvalue weighted by Gasteiger charge is -2.06. The Bertz CT molecular complexity index is 905. The Morgan fingerprint density at radius 2 is 2.18 bits per heavy atom. The second-order valence-corrected chi connectivity index (χ2v) is 6.08. The van der Waals surface area contributed by atoms with Crippen molar-refractivity contribution in [2.24, 2.45) is 0 Å². The first kappa shape index (κ1) is 13.3. The third-order valence-electron chi connectivity index (χ3n) is 3.90. The zero-order chi connectivity index (χ0) is 15.1. The van der Waals surface area contributed by atoms with Crippen LogP contribution in [0.3, 0.4) is 0 Å². The van der Waals surface area contributed by atoms with Gasteiger partial charge in [0.1, 0.15) is 17.4 Å². The van der Waals surface area contributed by atoms with Crippen LogP contribution in [0.5, 0.6) is 0 Å². The van der Waals surface area contributed by atoms with Crippen LogP contribution in [-0.4, -0.2) is 25.6 Å². The van der Waals surface area contributed by atoms with Gasteiger partial charge in [-0.2, -0.15) is 5.26 Å². The maximum Gasteiger partial charge on any atom is 0.187 e. The van der Waals surface area contributed by atoms with Crippen molar-refractivity contribution < 1.29 is 0 Å². The largest absolute Gasteiger partial charge is 0.298 e. The number of fused-ring (bicyclic) bond motifs is 1. The van der Waals surface area contributed by atoms with Crippen molar-refractivity contribution >= 4 is 17.4 Å². The molecule has 1 saturated carbocycles. The van der Waals surface area contributed by atoms with Crippen LogP contribution in [0.25, 0.3) is 17.0 Å². The van der Waals surface area contributed by atoms with E-state index in [0.29, 0.717) is 22.3 Å². The maximum absolute atomic E-state index is 9.34. The molecule has 3 heterocycles. The van der Waals surface area contributed by atoms with Gasteiger partial charge in [0.15, 0.2) is 5.16 Å². The zero-order valence-corrected chi connectivity index (χ0v) is 12.8. The first-order valence-electron chi connectivity index (χ1n) is 7.09. The second kappa shape index (κ2) is 5.11. The van der Waals surface area contributed by atoms with Gasteiger partial charge < -0.3 is 0 Å². The van der Waals surface area contributed by atoms with Crippen molar-refractivity contribution in [3.05, 3.63) is 41.9 Å². The van der Waals surface area contributed by atoms with Crippen molar-refractivity contribution in [3.63, 3.8) is 0 Å².